The Balaban J connectivity index is 2.27. The average Bonchev–Trinajstić information content (AvgIpc) is 2.46. The van der Waals surface area contributed by atoms with Gasteiger partial charge in [0.2, 0.25) is 10.0 Å². The molecule has 0 aliphatic carbocycles. The fourth-order valence-electron chi connectivity index (χ4n) is 1.74. The Labute approximate surface area is 121 Å². The first-order valence-corrected chi connectivity index (χ1v) is 7.50. The predicted octanol–water partition coefficient (Wildman–Crippen LogP) is 0.213. The maximum absolute atomic E-state index is 12.2. The molecule has 0 saturated heterocycles. The number of terminal acetylenes is 1. The number of aliphatic carboxylic acids is 1. The summed E-state index contributed by atoms with van der Waals surface area (Å²) in [4.78, 5) is 10.8. The minimum atomic E-state index is -4.02. The number of sulfonamides is 1. The molecule has 1 aliphatic heterocycles. The van der Waals surface area contributed by atoms with E-state index in [0.717, 1.165) is 0 Å². The first-order valence-electron chi connectivity index (χ1n) is 6.02. The average molecular weight is 311 g/mol. The zero-order valence-corrected chi connectivity index (χ0v) is 11.7. The van der Waals surface area contributed by atoms with Gasteiger partial charge in [-0.1, -0.05) is 0 Å². The molecule has 0 fully saturated rings. The molecule has 112 valence electrons. The molecule has 21 heavy (non-hydrogen) atoms. The van der Waals surface area contributed by atoms with E-state index in [9.17, 15) is 13.2 Å². The Morgan fingerprint density at radius 1 is 1.38 bits per heavy atom. The number of fused-ring (bicyclic) bond motifs is 1. The molecule has 1 aromatic rings. The van der Waals surface area contributed by atoms with E-state index in [1.165, 1.54) is 18.2 Å². The number of carbonyl (C=O) groups is 1. The Morgan fingerprint density at radius 3 is 2.67 bits per heavy atom. The zero-order valence-electron chi connectivity index (χ0n) is 10.9. The van der Waals surface area contributed by atoms with Gasteiger partial charge in [0.1, 0.15) is 19.3 Å². The number of carboxylic acid groups (broad SMARTS) is 1. The van der Waals surface area contributed by atoms with Crippen LogP contribution in [0.5, 0.6) is 11.5 Å². The highest BCUT2D eigenvalue weighted by molar-refractivity contribution is 7.89. The summed E-state index contributed by atoms with van der Waals surface area (Å²) in [6.07, 6.45) is 4.78. The maximum Gasteiger partial charge on any atom is 0.322 e. The van der Waals surface area contributed by atoms with Crippen LogP contribution in [0.2, 0.25) is 0 Å². The zero-order chi connectivity index (χ0) is 15.5. The van der Waals surface area contributed by atoms with E-state index in [1.807, 2.05) is 0 Å². The van der Waals surface area contributed by atoms with E-state index < -0.39 is 22.0 Å². The van der Waals surface area contributed by atoms with Gasteiger partial charge in [-0.2, -0.15) is 4.72 Å². The van der Waals surface area contributed by atoms with Crippen molar-refractivity contribution >= 4 is 16.0 Å². The second-order valence-corrected chi connectivity index (χ2v) is 5.94. The molecule has 0 bridgehead atoms. The smallest absolute Gasteiger partial charge is 0.322 e. The molecule has 0 amide bonds. The summed E-state index contributed by atoms with van der Waals surface area (Å²) < 4.78 is 37.0. The third-order valence-corrected chi connectivity index (χ3v) is 4.21. The molecule has 7 nitrogen and oxygen atoms in total. The molecule has 1 aromatic carbocycles. The van der Waals surface area contributed by atoms with Crippen LogP contribution in [-0.2, 0) is 14.8 Å². The van der Waals surface area contributed by atoms with Crippen LogP contribution in [0, 0.1) is 12.3 Å². The number of benzene rings is 1. The molecule has 1 aliphatic rings. The Morgan fingerprint density at radius 2 is 2.05 bits per heavy atom. The van der Waals surface area contributed by atoms with Gasteiger partial charge in [0.25, 0.3) is 0 Å². The van der Waals surface area contributed by atoms with Gasteiger partial charge in [-0.25, -0.2) is 8.42 Å². The minimum absolute atomic E-state index is 0.116. The third-order valence-electron chi connectivity index (χ3n) is 2.74. The topological polar surface area (TPSA) is 102 Å². The standard InChI is InChI=1S/C13H13NO6S/c1-2-3-10(13(15)16)14-21(17,18)9-4-5-11-12(8-9)20-7-6-19-11/h1,4-5,8,10,14H,3,6-7H2,(H,15,16). The van der Waals surface area contributed by atoms with Crippen molar-refractivity contribution in [2.75, 3.05) is 13.2 Å². The Hall–Kier alpha value is -2.24. The molecule has 1 unspecified atom stereocenters. The number of rotatable bonds is 5. The van der Waals surface area contributed by atoms with Crippen LogP contribution in [0.4, 0.5) is 0 Å². The van der Waals surface area contributed by atoms with Crippen LogP contribution in [0.15, 0.2) is 23.1 Å². The Bertz CT molecular complexity index is 691. The van der Waals surface area contributed by atoms with E-state index >= 15 is 0 Å². The lowest BCUT2D eigenvalue weighted by atomic mass is 10.2. The first-order chi connectivity index (χ1) is 9.94. The van der Waals surface area contributed by atoms with Crippen LogP contribution in [0.3, 0.4) is 0 Å². The quantitative estimate of drug-likeness (QED) is 0.754. The van der Waals surface area contributed by atoms with Crippen molar-refractivity contribution in [3.63, 3.8) is 0 Å². The van der Waals surface area contributed by atoms with Crippen LogP contribution in [0.25, 0.3) is 0 Å². The number of nitrogens with one attached hydrogen (secondary N) is 1. The molecule has 2 N–H and O–H groups in total. The highest BCUT2D eigenvalue weighted by Crippen LogP contribution is 2.32. The van der Waals surface area contributed by atoms with Gasteiger partial charge in [-0.05, 0) is 12.1 Å². The predicted molar refractivity (Wildman–Crippen MR) is 72.6 cm³/mol. The summed E-state index contributed by atoms with van der Waals surface area (Å²) in [5.41, 5.74) is 0. The van der Waals surface area contributed by atoms with Crippen LogP contribution < -0.4 is 14.2 Å². The van der Waals surface area contributed by atoms with Crippen LogP contribution in [-0.4, -0.2) is 38.7 Å². The van der Waals surface area contributed by atoms with Crippen molar-refractivity contribution < 1.29 is 27.8 Å². The normalized spacial score (nSPS) is 15.0. The molecule has 1 atom stereocenters. The minimum Gasteiger partial charge on any atom is -0.486 e. The molecular formula is C13H13NO6S. The second kappa shape index (κ2) is 6.03. The van der Waals surface area contributed by atoms with Gasteiger partial charge in [0.05, 0.1) is 4.90 Å². The molecule has 1 heterocycles. The SMILES string of the molecule is C#CCC(NS(=O)(=O)c1ccc2c(c1)OCCO2)C(=O)O. The fourth-order valence-corrected chi connectivity index (χ4v) is 2.95. The van der Waals surface area contributed by atoms with E-state index in [1.54, 1.807) is 0 Å². The van der Waals surface area contributed by atoms with Crippen LogP contribution >= 0.6 is 0 Å². The number of hydrogen-bond donors (Lipinski definition) is 2. The van der Waals surface area contributed by atoms with Gasteiger partial charge in [0.15, 0.2) is 11.5 Å². The number of hydrogen-bond acceptors (Lipinski definition) is 5. The lowest BCUT2D eigenvalue weighted by Crippen LogP contribution is -2.40. The molecule has 0 aromatic heterocycles. The largest absolute Gasteiger partial charge is 0.486 e. The van der Waals surface area contributed by atoms with Crippen molar-refractivity contribution in [2.45, 2.75) is 17.4 Å². The summed E-state index contributed by atoms with van der Waals surface area (Å²) >= 11 is 0. The summed E-state index contributed by atoms with van der Waals surface area (Å²) in [6, 6.07) is 2.67. The van der Waals surface area contributed by atoms with E-state index in [0.29, 0.717) is 24.7 Å². The van der Waals surface area contributed by atoms with Crippen molar-refractivity contribution in [1.29, 1.82) is 0 Å². The third kappa shape index (κ3) is 3.45. The summed E-state index contributed by atoms with van der Waals surface area (Å²) in [7, 11) is -4.02. The highest BCUT2D eigenvalue weighted by Gasteiger charge is 2.26. The molecule has 2 rings (SSSR count). The lowest BCUT2D eigenvalue weighted by Gasteiger charge is -2.19. The molecule has 0 radical (unpaired) electrons. The van der Waals surface area contributed by atoms with E-state index in [2.05, 4.69) is 10.6 Å². The summed E-state index contributed by atoms with van der Waals surface area (Å²) in [5, 5.41) is 8.94. The highest BCUT2D eigenvalue weighted by atomic mass is 32.2. The first kappa shape index (κ1) is 15.2. The number of carboxylic acids is 1. The van der Waals surface area contributed by atoms with Crippen molar-refractivity contribution in [2.24, 2.45) is 0 Å². The van der Waals surface area contributed by atoms with Gasteiger partial charge >= 0.3 is 5.97 Å². The van der Waals surface area contributed by atoms with Gasteiger partial charge in [-0.3, -0.25) is 4.79 Å². The molecule has 8 heteroatoms. The van der Waals surface area contributed by atoms with Gasteiger partial charge in [0, 0.05) is 12.5 Å². The van der Waals surface area contributed by atoms with Crippen molar-refractivity contribution in [1.82, 2.24) is 4.72 Å². The lowest BCUT2D eigenvalue weighted by molar-refractivity contribution is -0.138. The molecular weight excluding hydrogens is 298 g/mol. The second-order valence-electron chi connectivity index (χ2n) is 4.23. The van der Waals surface area contributed by atoms with E-state index in [-0.39, 0.29) is 11.3 Å². The van der Waals surface area contributed by atoms with Crippen molar-refractivity contribution in [3.05, 3.63) is 18.2 Å². The fraction of sp³-hybridized carbons (Fsp3) is 0.308. The monoisotopic (exact) mass is 311 g/mol. The molecule has 0 spiro atoms. The van der Waals surface area contributed by atoms with E-state index in [4.69, 9.17) is 21.0 Å². The maximum atomic E-state index is 12.2. The van der Waals surface area contributed by atoms with Crippen molar-refractivity contribution in [3.8, 4) is 23.8 Å². The van der Waals surface area contributed by atoms with Crippen LogP contribution in [0.1, 0.15) is 6.42 Å². The van der Waals surface area contributed by atoms with Gasteiger partial charge < -0.3 is 14.6 Å². The van der Waals surface area contributed by atoms with Gasteiger partial charge in [-0.15, -0.1) is 12.3 Å². The Kier molecular flexibility index (Phi) is 4.35. The molecule has 0 saturated carbocycles. The number of ether oxygens (including phenoxy) is 2. The summed E-state index contributed by atoms with van der Waals surface area (Å²) in [5.74, 6) is 1.52. The summed E-state index contributed by atoms with van der Waals surface area (Å²) in [6.45, 7) is 0.708.